The summed E-state index contributed by atoms with van der Waals surface area (Å²) in [5.74, 6) is -0.157. The molecule has 3 N–H and O–H groups in total. The molecule has 1 unspecified atom stereocenters. The number of carbonyl (C=O) groups excluding carboxylic acids is 1. The van der Waals surface area contributed by atoms with Crippen molar-refractivity contribution in [3.05, 3.63) is 23.8 Å². The highest BCUT2D eigenvalue weighted by Crippen LogP contribution is 2.24. The third-order valence-corrected chi connectivity index (χ3v) is 2.95. The molecule has 1 aromatic carbocycles. The fourth-order valence-corrected chi connectivity index (χ4v) is 1.85. The van der Waals surface area contributed by atoms with Crippen LogP contribution < -0.4 is 10.6 Å². The van der Waals surface area contributed by atoms with Crippen molar-refractivity contribution in [3.63, 3.8) is 0 Å². The number of carbonyl (C=O) groups is 1. The number of hydrogen-bond donors (Lipinski definition) is 3. The van der Waals surface area contributed by atoms with Crippen LogP contribution >= 0.6 is 12.4 Å². The fraction of sp³-hybridized carbons (Fsp3) is 0.462. The summed E-state index contributed by atoms with van der Waals surface area (Å²) in [6.45, 7) is 3.81. The average Bonchev–Trinajstić information content (AvgIpc) is 2.42. The monoisotopic (exact) mass is 286 g/mol. The maximum absolute atomic E-state index is 11.9. The Labute approximate surface area is 118 Å². The predicted molar refractivity (Wildman–Crippen MR) is 76.0 cm³/mol. The van der Waals surface area contributed by atoms with E-state index in [1.165, 1.54) is 0 Å². The Hall–Kier alpha value is -1.30. The molecule has 6 heteroatoms. The lowest BCUT2D eigenvalue weighted by atomic mass is 10.1. The second-order valence-electron chi connectivity index (χ2n) is 4.26. The molecule has 1 fully saturated rings. The number of halogens is 1. The van der Waals surface area contributed by atoms with Gasteiger partial charge in [-0.25, -0.2) is 0 Å². The van der Waals surface area contributed by atoms with Gasteiger partial charge >= 0.3 is 0 Å². The minimum atomic E-state index is -0.497. The van der Waals surface area contributed by atoms with Crippen molar-refractivity contribution in [1.29, 1.82) is 0 Å². The van der Waals surface area contributed by atoms with E-state index in [1.54, 1.807) is 12.1 Å². The first-order valence-electron chi connectivity index (χ1n) is 6.15. The van der Waals surface area contributed by atoms with Gasteiger partial charge in [-0.05, 0) is 24.1 Å². The van der Waals surface area contributed by atoms with E-state index in [1.807, 2.05) is 13.0 Å². The first kappa shape index (κ1) is 15.8. The Morgan fingerprint density at radius 1 is 1.58 bits per heavy atom. The predicted octanol–water partition coefficient (Wildman–Crippen LogP) is 1.30. The molecule has 1 aliphatic rings. The standard InChI is InChI=1S/C13H18N2O3.ClH/c1-2-9-3-4-11(16)10(7-9)15-13(17)12-8-14-5-6-18-12;/h3-4,7,12,14,16H,2,5-6,8H2,1H3,(H,15,17);1H. The lowest BCUT2D eigenvalue weighted by Gasteiger charge is -2.23. The van der Waals surface area contributed by atoms with Crippen molar-refractivity contribution in [3.8, 4) is 5.75 Å². The molecule has 1 heterocycles. The SMILES string of the molecule is CCc1ccc(O)c(NC(=O)C2CNCCO2)c1.Cl. The van der Waals surface area contributed by atoms with Crippen LogP contribution in [0.3, 0.4) is 0 Å². The van der Waals surface area contributed by atoms with Gasteiger partial charge in [-0.2, -0.15) is 0 Å². The van der Waals surface area contributed by atoms with Gasteiger partial charge in [-0.3, -0.25) is 4.79 Å². The molecule has 1 aromatic rings. The van der Waals surface area contributed by atoms with Crippen molar-refractivity contribution in [1.82, 2.24) is 5.32 Å². The highest BCUT2D eigenvalue weighted by atomic mass is 35.5. The molecule has 19 heavy (non-hydrogen) atoms. The Kier molecular flexibility index (Phi) is 6.08. The smallest absolute Gasteiger partial charge is 0.254 e. The minimum absolute atomic E-state index is 0. The van der Waals surface area contributed by atoms with Crippen molar-refractivity contribution in [2.45, 2.75) is 19.4 Å². The van der Waals surface area contributed by atoms with Crippen LogP contribution in [0.4, 0.5) is 5.69 Å². The molecule has 1 amide bonds. The minimum Gasteiger partial charge on any atom is -0.506 e. The topological polar surface area (TPSA) is 70.6 Å². The highest BCUT2D eigenvalue weighted by Gasteiger charge is 2.22. The number of anilines is 1. The van der Waals surface area contributed by atoms with E-state index < -0.39 is 6.10 Å². The molecule has 1 aliphatic heterocycles. The fourth-order valence-electron chi connectivity index (χ4n) is 1.85. The van der Waals surface area contributed by atoms with E-state index in [9.17, 15) is 9.90 Å². The van der Waals surface area contributed by atoms with Crippen molar-refractivity contribution in [2.24, 2.45) is 0 Å². The number of rotatable bonds is 3. The zero-order chi connectivity index (χ0) is 13.0. The van der Waals surface area contributed by atoms with Gasteiger partial charge in [0.25, 0.3) is 5.91 Å². The summed E-state index contributed by atoms with van der Waals surface area (Å²) < 4.78 is 5.35. The number of morpholine rings is 1. The number of amides is 1. The van der Waals surface area contributed by atoms with Crippen LogP contribution in [0.25, 0.3) is 0 Å². The molecule has 106 valence electrons. The Morgan fingerprint density at radius 3 is 3.00 bits per heavy atom. The number of aromatic hydroxyl groups is 1. The van der Waals surface area contributed by atoms with Crippen LogP contribution in [0, 0.1) is 0 Å². The first-order valence-corrected chi connectivity index (χ1v) is 6.15. The van der Waals surface area contributed by atoms with Gasteiger partial charge in [0.05, 0.1) is 12.3 Å². The summed E-state index contributed by atoms with van der Waals surface area (Å²) in [7, 11) is 0. The number of phenols is 1. The van der Waals surface area contributed by atoms with Crippen molar-refractivity contribution >= 4 is 24.0 Å². The molecular weight excluding hydrogens is 268 g/mol. The van der Waals surface area contributed by atoms with Crippen LogP contribution in [0.15, 0.2) is 18.2 Å². The van der Waals surface area contributed by atoms with Gasteiger partial charge in [0.1, 0.15) is 11.9 Å². The third-order valence-electron chi connectivity index (χ3n) is 2.95. The van der Waals surface area contributed by atoms with Crippen LogP contribution in [0.2, 0.25) is 0 Å². The lowest BCUT2D eigenvalue weighted by Crippen LogP contribution is -2.45. The lowest BCUT2D eigenvalue weighted by molar-refractivity contribution is -0.128. The van der Waals surface area contributed by atoms with Crippen molar-refractivity contribution in [2.75, 3.05) is 25.0 Å². The van der Waals surface area contributed by atoms with Gasteiger partial charge in [0.15, 0.2) is 0 Å². The van der Waals surface area contributed by atoms with Gasteiger partial charge in [0.2, 0.25) is 0 Å². The van der Waals surface area contributed by atoms with Crippen LogP contribution in [0.5, 0.6) is 5.75 Å². The number of hydrogen-bond acceptors (Lipinski definition) is 4. The molecule has 5 nitrogen and oxygen atoms in total. The number of aryl methyl sites for hydroxylation is 1. The quantitative estimate of drug-likeness (QED) is 0.733. The van der Waals surface area contributed by atoms with Gasteiger partial charge < -0.3 is 20.5 Å². The molecule has 2 rings (SSSR count). The maximum Gasteiger partial charge on any atom is 0.254 e. The van der Waals surface area contributed by atoms with Gasteiger partial charge in [-0.15, -0.1) is 12.4 Å². The molecule has 1 atom stereocenters. The number of phenolic OH excluding ortho intramolecular Hbond substituents is 1. The molecule has 0 aliphatic carbocycles. The summed E-state index contributed by atoms with van der Waals surface area (Å²) in [6, 6.07) is 5.21. The maximum atomic E-state index is 11.9. The highest BCUT2D eigenvalue weighted by molar-refractivity contribution is 5.95. The van der Waals surface area contributed by atoms with Crippen molar-refractivity contribution < 1.29 is 14.6 Å². The summed E-state index contributed by atoms with van der Waals surface area (Å²) in [5.41, 5.74) is 1.50. The Balaban J connectivity index is 0.00000180. The summed E-state index contributed by atoms with van der Waals surface area (Å²) in [6.07, 6.45) is 0.355. The second kappa shape index (κ2) is 7.33. The van der Waals surface area contributed by atoms with E-state index >= 15 is 0 Å². The third kappa shape index (κ3) is 4.09. The normalized spacial score (nSPS) is 18.5. The summed E-state index contributed by atoms with van der Waals surface area (Å²) in [5, 5.41) is 15.5. The molecule has 0 radical (unpaired) electrons. The number of ether oxygens (including phenoxy) is 1. The second-order valence-corrected chi connectivity index (χ2v) is 4.26. The van der Waals surface area contributed by atoms with Crippen LogP contribution in [-0.2, 0) is 16.0 Å². The summed E-state index contributed by atoms with van der Waals surface area (Å²) >= 11 is 0. The van der Waals surface area contributed by atoms with Crippen LogP contribution in [-0.4, -0.2) is 36.8 Å². The Bertz CT molecular complexity index is 434. The van der Waals surface area contributed by atoms with E-state index in [-0.39, 0.29) is 24.1 Å². The zero-order valence-corrected chi connectivity index (χ0v) is 11.6. The molecule has 0 bridgehead atoms. The Morgan fingerprint density at radius 2 is 2.37 bits per heavy atom. The number of benzene rings is 1. The number of nitrogens with one attached hydrogen (secondary N) is 2. The molecule has 1 saturated heterocycles. The van der Waals surface area contributed by atoms with E-state index in [0.29, 0.717) is 18.8 Å². The molecule has 0 saturated carbocycles. The van der Waals surface area contributed by atoms with Crippen LogP contribution in [0.1, 0.15) is 12.5 Å². The average molecular weight is 287 g/mol. The molecule has 0 spiro atoms. The summed E-state index contributed by atoms with van der Waals surface area (Å²) in [4.78, 5) is 11.9. The van der Waals surface area contributed by atoms with E-state index in [2.05, 4.69) is 10.6 Å². The van der Waals surface area contributed by atoms with Gasteiger partial charge in [0, 0.05) is 13.1 Å². The van der Waals surface area contributed by atoms with E-state index in [0.717, 1.165) is 18.5 Å². The van der Waals surface area contributed by atoms with Gasteiger partial charge in [-0.1, -0.05) is 13.0 Å². The van der Waals surface area contributed by atoms with E-state index in [4.69, 9.17) is 4.74 Å². The molecule has 0 aromatic heterocycles. The largest absolute Gasteiger partial charge is 0.506 e. The first-order chi connectivity index (χ1) is 8.70. The zero-order valence-electron chi connectivity index (χ0n) is 10.8. The molecular formula is C13H19ClN2O3.